The van der Waals surface area contributed by atoms with Crippen LogP contribution in [0.4, 0.5) is 0 Å². The first-order valence-electron chi connectivity index (χ1n) is 13.0. The maximum absolute atomic E-state index is 13.3. The average molecular weight is 513 g/mol. The normalized spacial score (nSPS) is 11.9. The summed E-state index contributed by atoms with van der Waals surface area (Å²) in [6, 6.07) is 35.8. The summed E-state index contributed by atoms with van der Waals surface area (Å²) < 4.78 is 7.74. The third kappa shape index (κ3) is 5.22. The van der Waals surface area contributed by atoms with Crippen LogP contribution in [0.2, 0.25) is 0 Å². The lowest BCUT2D eigenvalue weighted by atomic mass is 10.0. The highest BCUT2D eigenvalue weighted by molar-refractivity contribution is 5.92. The van der Waals surface area contributed by atoms with Gasteiger partial charge in [0, 0.05) is 18.8 Å². The Hall–Kier alpha value is -4.97. The highest BCUT2D eigenvalue weighted by Gasteiger charge is 2.24. The van der Waals surface area contributed by atoms with E-state index in [1.165, 1.54) is 10.8 Å². The zero-order valence-electron chi connectivity index (χ0n) is 21.6. The molecule has 0 aliphatic carbocycles. The third-order valence-electron chi connectivity index (χ3n) is 6.94. The summed E-state index contributed by atoms with van der Waals surface area (Å²) in [6.45, 7) is 0.592. The minimum atomic E-state index is -0.388. The number of pyridine rings is 1. The fraction of sp³-hybridized carbons (Fsp3) is 0.121. The maximum Gasteiger partial charge on any atom is 0.270 e. The van der Waals surface area contributed by atoms with E-state index in [0.717, 1.165) is 33.7 Å². The molecule has 0 radical (unpaired) electrons. The van der Waals surface area contributed by atoms with Crippen LogP contribution in [0.5, 0.6) is 5.75 Å². The van der Waals surface area contributed by atoms with Gasteiger partial charge in [-0.05, 0) is 58.7 Å². The van der Waals surface area contributed by atoms with Crippen molar-refractivity contribution in [3.8, 4) is 5.75 Å². The van der Waals surface area contributed by atoms with Gasteiger partial charge in [-0.15, -0.1) is 0 Å². The number of amides is 1. The first-order chi connectivity index (χ1) is 19.2. The van der Waals surface area contributed by atoms with Crippen molar-refractivity contribution in [1.29, 1.82) is 0 Å². The summed E-state index contributed by atoms with van der Waals surface area (Å²) in [5.74, 6) is 1.30. The number of nitrogens with one attached hydrogen (secondary N) is 1. The van der Waals surface area contributed by atoms with Crippen molar-refractivity contribution in [2.75, 3.05) is 7.11 Å². The molecule has 1 unspecified atom stereocenters. The van der Waals surface area contributed by atoms with E-state index in [1.54, 1.807) is 25.4 Å². The van der Waals surface area contributed by atoms with Gasteiger partial charge in [-0.25, -0.2) is 4.98 Å². The summed E-state index contributed by atoms with van der Waals surface area (Å²) in [6.07, 6.45) is 2.21. The molecule has 1 amide bonds. The molecule has 6 rings (SSSR count). The highest BCUT2D eigenvalue weighted by Crippen LogP contribution is 2.28. The Balaban J connectivity index is 1.46. The predicted octanol–water partition coefficient (Wildman–Crippen LogP) is 6.36. The highest BCUT2D eigenvalue weighted by atomic mass is 16.5. The van der Waals surface area contributed by atoms with Crippen LogP contribution in [-0.2, 0) is 13.0 Å². The molecule has 0 aliphatic rings. The van der Waals surface area contributed by atoms with Gasteiger partial charge in [-0.1, -0.05) is 72.8 Å². The van der Waals surface area contributed by atoms with E-state index in [4.69, 9.17) is 9.72 Å². The van der Waals surface area contributed by atoms with Gasteiger partial charge >= 0.3 is 0 Å². The number of carbonyl (C=O) groups excluding carboxylic acids is 1. The van der Waals surface area contributed by atoms with Gasteiger partial charge in [-0.3, -0.25) is 9.78 Å². The van der Waals surface area contributed by atoms with Crippen LogP contribution >= 0.6 is 0 Å². The molecule has 0 bridgehead atoms. The predicted molar refractivity (Wildman–Crippen MR) is 154 cm³/mol. The molecule has 0 saturated carbocycles. The number of hydrogen-bond acceptors (Lipinski definition) is 4. The van der Waals surface area contributed by atoms with Gasteiger partial charge in [0.15, 0.2) is 0 Å². The molecule has 6 aromatic rings. The minimum Gasteiger partial charge on any atom is -0.497 e. The summed E-state index contributed by atoms with van der Waals surface area (Å²) in [4.78, 5) is 22.6. The summed E-state index contributed by atoms with van der Waals surface area (Å²) in [5, 5.41) is 5.61. The van der Waals surface area contributed by atoms with Crippen LogP contribution in [-0.4, -0.2) is 27.6 Å². The third-order valence-corrected chi connectivity index (χ3v) is 6.94. The Morgan fingerprint density at radius 3 is 2.44 bits per heavy atom. The summed E-state index contributed by atoms with van der Waals surface area (Å²) >= 11 is 0. The molecule has 0 spiro atoms. The zero-order valence-corrected chi connectivity index (χ0v) is 21.6. The van der Waals surface area contributed by atoms with E-state index in [2.05, 4.69) is 63.4 Å². The minimum absolute atomic E-state index is 0.238. The maximum atomic E-state index is 13.3. The Morgan fingerprint density at radius 2 is 1.64 bits per heavy atom. The lowest BCUT2D eigenvalue weighted by molar-refractivity contribution is 0.0929. The molecule has 6 nitrogen and oxygen atoms in total. The summed E-state index contributed by atoms with van der Waals surface area (Å²) in [5.41, 5.74) is 4.41. The largest absolute Gasteiger partial charge is 0.497 e. The Bertz CT molecular complexity index is 1750. The second-order valence-electron chi connectivity index (χ2n) is 9.52. The molecule has 1 atom stereocenters. The van der Waals surface area contributed by atoms with Crippen LogP contribution in [0, 0.1) is 0 Å². The number of ether oxygens (including phenoxy) is 1. The molecule has 6 heteroatoms. The Kier molecular flexibility index (Phi) is 6.75. The number of rotatable bonds is 8. The van der Waals surface area contributed by atoms with Crippen LogP contribution in [0.15, 0.2) is 115 Å². The number of methoxy groups -OCH3 is 1. The smallest absolute Gasteiger partial charge is 0.270 e. The van der Waals surface area contributed by atoms with Crippen LogP contribution < -0.4 is 10.1 Å². The SMILES string of the molecule is COc1ccc2nc(C(Cc3ccccc3)NC(=O)c3ccccn3)n(Cc3ccc4ccccc4c3)c2c1. The number of nitrogens with zero attached hydrogens (tertiary/aromatic N) is 3. The quantitative estimate of drug-likeness (QED) is 0.258. The van der Waals surface area contributed by atoms with Gasteiger partial charge in [0.2, 0.25) is 0 Å². The molecular formula is C33H28N4O2. The van der Waals surface area contributed by atoms with Gasteiger partial charge in [-0.2, -0.15) is 0 Å². The summed E-state index contributed by atoms with van der Waals surface area (Å²) in [7, 11) is 1.66. The van der Waals surface area contributed by atoms with E-state index in [-0.39, 0.29) is 11.9 Å². The molecule has 0 fully saturated rings. The van der Waals surface area contributed by atoms with E-state index >= 15 is 0 Å². The molecule has 39 heavy (non-hydrogen) atoms. The Labute approximate surface area is 226 Å². The standard InChI is InChI=1S/C33H28N4O2/c1-39-27-16-17-28-31(21-27)37(22-24-14-15-25-11-5-6-12-26(25)19-24)32(35-28)30(20-23-9-3-2-4-10-23)36-33(38)29-13-7-8-18-34-29/h2-19,21,30H,20,22H2,1H3,(H,36,38). The van der Waals surface area contributed by atoms with Crippen molar-refractivity contribution < 1.29 is 9.53 Å². The van der Waals surface area contributed by atoms with Crippen molar-refractivity contribution in [2.24, 2.45) is 0 Å². The number of aromatic nitrogens is 3. The van der Waals surface area contributed by atoms with Gasteiger partial charge in [0.25, 0.3) is 5.91 Å². The first kappa shape index (κ1) is 24.4. The van der Waals surface area contributed by atoms with E-state index in [1.807, 2.05) is 48.5 Å². The lowest BCUT2D eigenvalue weighted by Gasteiger charge is -2.21. The number of carbonyl (C=O) groups is 1. The fourth-order valence-corrected chi connectivity index (χ4v) is 4.99. The van der Waals surface area contributed by atoms with E-state index in [9.17, 15) is 4.79 Å². The average Bonchev–Trinajstić information content (AvgIpc) is 3.35. The molecule has 0 saturated heterocycles. The molecule has 4 aromatic carbocycles. The van der Waals surface area contributed by atoms with Crippen LogP contribution in [0.25, 0.3) is 21.8 Å². The fourth-order valence-electron chi connectivity index (χ4n) is 4.99. The van der Waals surface area contributed by atoms with Crippen LogP contribution in [0.3, 0.4) is 0 Å². The molecule has 2 heterocycles. The van der Waals surface area contributed by atoms with Gasteiger partial charge < -0.3 is 14.6 Å². The zero-order chi connectivity index (χ0) is 26.6. The van der Waals surface area contributed by atoms with Crippen molar-refractivity contribution in [2.45, 2.75) is 19.0 Å². The molecule has 1 N–H and O–H groups in total. The number of fused-ring (bicyclic) bond motifs is 2. The van der Waals surface area contributed by atoms with Crippen molar-refractivity contribution in [1.82, 2.24) is 19.9 Å². The van der Waals surface area contributed by atoms with Crippen molar-refractivity contribution in [3.63, 3.8) is 0 Å². The molecular weight excluding hydrogens is 484 g/mol. The van der Waals surface area contributed by atoms with E-state index < -0.39 is 0 Å². The van der Waals surface area contributed by atoms with Crippen molar-refractivity contribution >= 4 is 27.7 Å². The molecule has 2 aromatic heterocycles. The van der Waals surface area contributed by atoms with Crippen LogP contribution in [0.1, 0.15) is 33.5 Å². The number of benzene rings is 4. The van der Waals surface area contributed by atoms with E-state index in [0.29, 0.717) is 18.7 Å². The molecule has 0 aliphatic heterocycles. The lowest BCUT2D eigenvalue weighted by Crippen LogP contribution is -2.32. The Morgan fingerprint density at radius 1 is 0.846 bits per heavy atom. The second-order valence-corrected chi connectivity index (χ2v) is 9.52. The monoisotopic (exact) mass is 512 g/mol. The topological polar surface area (TPSA) is 69.0 Å². The van der Waals surface area contributed by atoms with Crippen molar-refractivity contribution in [3.05, 3.63) is 138 Å². The second kappa shape index (κ2) is 10.8. The van der Waals surface area contributed by atoms with Gasteiger partial charge in [0.1, 0.15) is 17.3 Å². The number of imidazole rings is 1. The first-order valence-corrected chi connectivity index (χ1v) is 13.0. The van der Waals surface area contributed by atoms with Gasteiger partial charge in [0.05, 0.1) is 24.2 Å². The molecule has 192 valence electrons. The number of hydrogen-bond donors (Lipinski definition) is 1.